The fourth-order valence-electron chi connectivity index (χ4n) is 2.68. The van der Waals surface area contributed by atoms with Gasteiger partial charge >= 0.3 is 0 Å². The van der Waals surface area contributed by atoms with E-state index in [1.807, 2.05) is 6.92 Å². The van der Waals surface area contributed by atoms with E-state index in [0.717, 1.165) is 56.8 Å². The van der Waals surface area contributed by atoms with Gasteiger partial charge in [0.15, 0.2) is 0 Å². The van der Waals surface area contributed by atoms with Crippen LogP contribution in [0.15, 0.2) is 16.5 Å². The van der Waals surface area contributed by atoms with Crippen molar-refractivity contribution in [2.24, 2.45) is 5.92 Å². The number of hydrogen-bond acceptors (Lipinski definition) is 4. The molecular formula is C15H24N2O2. The topological polar surface area (TPSA) is 37.6 Å². The molecule has 1 saturated carbocycles. The highest BCUT2D eigenvalue weighted by molar-refractivity contribution is 5.10. The van der Waals surface area contributed by atoms with Gasteiger partial charge < -0.3 is 14.5 Å². The Bertz CT molecular complexity index is 395. The van der Waals surface area contributed by atoms with Gasteiger partial charge in [-0.2, -0.15) is 0 Å². The van der Waals surface area contributed by atoms with E-state index < -0.39 is 0 Å². The lowest BCUT2D eigenvalue weighted by molar-refractivity contribution is 0.0115. The minimum Gasteiger partial charge on any atom is -0.465 e. The number of aryl methyl sites for hydroxylation is 1. The highest BCUT2D eigenvalue weighted by Gasteiger charge is 2.26. The molecule has 1 aromatic rings. The summed E-state index contributed by atoms with van der Waals surface area (Å²) < 4.78 is 11.3. The number of morpholine rings is 1. The third-order valence-corrected chi connectivity index (χ3v) is 4.04. The molecule has 4 heteroatoms. The first-order valence-corrected chi connectivity index (χ1v) is 7.42. The van der Waals surface area contributed by atoms with Crippen LogP contribution in [0.1, 0.15) is 30.4 Å². The van der Waals surface area contributed by atoms with Crippen molar-refractivity contribution >= 4 is 0 Å². The molecular weight excluding hydrogens is 240 g/mol. The lowest BCUT2D eigenvalue weighted by Crippen LogP contribution is -2.43. The Kier molecular flexibility index (Phi) is 4.21. The Morgan fingerprint density at radius 3 is 2.74 bits per heavy atom. The first kappa shape index (κ1) is 13.2. The average Bonchev–Trinajstić information content (AvgIpc) is 3.17. The Labute approximate surface area is 115 Å². The molecule has 106 valence electrons. The first-order chi connectivity index (χ1) is 9.33. The van der Waals surface area contributed by atoms with Crippen LogP contribution in [0.5, 0.6) is 0 Å². The largest absolute Gasteiger partial charge is 0.465 e. The molecule has 0 spiro atoms. The monoisotopic (exact) mass is 264 g/mol. The number of ether oxygens (including phenoxy) is 1. The zero-order chi connectivity index (χ0) is 13.1. The minimum absolute atomic E-state index is 0.344. The molecule has 1 aliphatic carbocycles. The fraction of sp³-hybridized carbons (Fsp3) is 0.733. The summed E-state index contributed by atoms with van der Waals surface area (Å²) >= 11 is 0. The molecule has 1 unspecified atom stereocenters. The van der Waals surface area contributed by atoms with Crippen molar-refractivity contribution in [3.05, 3.63) is 23.7 Å². The highest BCUT2D eigenvalue weighted by Crippen LogP contribution is 2.28. The Morgan fingerprint density at radius 2 is 2.11 bits per heavy atom. The van der Waals surface area contributed by atoms with Gasteiger partial charge in [0.1, 0.15) is 11.5 Å². The number of nitrogens with one attached hydrogen (secondary N) is 1. The van der Waals surface area contributed by atoms with Gasteiger partial charge in [0, 0.05) is 19.6 Å². The maximum Gasteiger partial charge on any atom is 0.122 e. The molecule has 4 nitrogen and oxygen atoms in total. The van der Waals surface area contributed by atoms with Crippen LogP contribution in [0, 0.1) is 12.8 Å². The normalized spacial score (nSPS) is 22.6. The van der Waals surface area contributed by atoms with Crippen LogP contribution in [-0.4, -0.2) is 44.3 Å². The number of nitrogens with zero attached hydrogens (tertiary/aromatic N) is 1. The van der Waals surface area contributed by atoms with E-state index in [9.17, 15) is 0 Å². The van der Waals surface area contributed by atoms with Crippen molar-refractivity contribution in [3.63, 3.8) is 0 Å². The minimum atomic E-state index is 0.344. The van der Waals surface area contributed by atoms with Crippen LogP contribution in [0.2, 0.25) is 0 Å². The molecule has 1 aromatic heterocycles. The fourth-order valence-corrected chi connectivity index (χ4v) is 2.68. The van der Waals surface area contributed by atoms with E-state index in [0.29, 0.717) is 6.04 Å². The van der Waals surface area contributed by atoms with Crippen molar-refractivity contribution in [1.29, 1.82) is 0 Å². The molecule has 1 N–H and O–H groups in total. The Hall–Kier alpha value is -0.840. The molecule has 1 aliphatic heterocycles. The molecule has 1 atom stereocenters. The molecule has 19 heavy (non-hydrogen) atoms. The van der Waals surface area contributed by atoms with E-state index in [1.165, 1.54) is 12.8 Å². The Balaban J connectivity index is 1.62. The Morgan fingerprint density at radius 1 is 1.32 bits per heavy atom. The second-order valence-corrected chi connectivity index (χ2v) is 5.71. The van der Waals surface area contributed by atoms with Gasteiger partial charge in [-0.3, -0.25) is 4.90 Å². The van der Waals surface area contributed by atoms with E-state index >= 15 is 0 Å². The third kappa shape index (κ3) is 3.59. The predicted octanol–water partition coefficient (Wildman–Crippen LogP) is 1.96. The summed E-state index contributed by atoms with van der Waals surface area (Å²) in [6.07, 6.45) is 2.80. The van der Waals surface area contributed by atoms with E-state index in [-0.39, 0.29) is 0 Å². The maximum absolute atomic E-state index is 5.85. The summed E-state index contributed by atoms with van der Waals surface area (Å²) in [7, 11) is 0. The number of rotatable bonds is 6. The molecule has 0 bridgehead atoms. The smallest absolute Gasteiger partial charge is 0.122 e. The molecule has 2 aliphatic rings. The number of hydrogen-bond donors (Lipinski definition) is 1. The zero-order valence-electron chi connectivity index (χ0n) is 11.7. The van der Waals surface area contributed by atoms with Crippen LogP contribution < -0.4 is 5.32 Å². The van der Waals surface area contributed by atoms with Gasteiger partial charge in [0.25, 0.3) is 0 Å². The van der Waals surface area contributed by atoms with Crippen LogP contribution in [0.4, 0.5) is 0 Å². The van der Waals surface area contributed by atoms with Gasteiger partial charge in [-0.05, 0) is 44.4 Å². The number of furan rings is 1. The molecule has 2 fully saturated rings. The van der Waals surface area contributed by atoms with E-state index in [2.05, 4.69) is 22.3 Å². The first-order valence-electron chi connectivity index (χ1n) is 7.42. The van der Waals surface area contributed by atoms with Crippen LogP contribution in [0.25, 0.3) is 0 Å². The lowest BCUT2D eigenvalue weighted by atomic mass is 10.1. The lowest BCUT2D eigenvalue weighted by Gasteiger charge is -2.33. The van der Waals surface area contributed by atoms with Crippen molar-refractivity contribution in [2.75, 3.05) is 39.4 Å². The van der Waals surface area contributed by atoms with Crippen molar-refractivity contribution < 1.29 is 9.15 Å². The summed E-state index contributed by atoms with van der Waals surface area (Å²) in [6, 6.07) is 4.52. The summed E-state index contributed by atoms with van der Waals surface area (Å²) in [5, 5.41) is 3.61. The molecule has 0 radical (unpaired) electrons. The quantitative estimate of drug-likeness (QED) is 0.852. The molecule has 0 amide bonds. The molecule has 2 heterocycles. The van der Waals surface area contributed by atoms with Gasteiger partial charge in [-0.1, -0.05) is 0 Å². The predicted molar refractivity (Wildman–Crippen MR) is 74.2 cm³/mol. The second kappa shape index (κ2) is 6.07. The van der Waals surface area contributed by atoms with Crippen LogP contribution >= 0.6 is 0 Å². The second-order valence-electron chi connectivity index (χ2n) is 5.71. The third-order valence-electron chi connectivity index (χ3n) is 4.04. The van der Waals surface area contributed by atoms with Crippen LogP contribution in [-0.2, 0) is 4.74 Å². The van der Waals surface area contributed by atoms with Crippen molar-refractivity contribution in [1.82, 2.24) is 10.2 Å². The average molecular weight is 264 g/mol. The zero-order valence-corrected chi connectivity index (χ0v) is 11.7. The maximum atomic E-state index is 5.85. The van der Waals surface area contributed by atoms with Gasteiger partial charge in [0.05, 0.1) is 19.3 Å². The standard InChI is InChI=1S/C15H24N2O2/c1-12-2-5-15(19-12)14(11-16-10-13-3-4-13)17-6-8-18-9-7-17/h2,5,13-14,16H,3-4,6-11H2,1H3. The van der Waals surface area contributed by atoms with Crippen molar-refractivity contribution in [3.8, 4) is 0 Å². The van der Waals surface area contributed by atoms with Gasteiger partial charge in [0.2, 0.25) is 0 Å². The van der Waals surface area contributed by atoms with Gasteiger partial charge in [-0.15, -0.1) is 0 Å². The van der Waals surface area contributed by atoms with E-state index in [1.54, 1.807) is 0 Å². The summed E-state index contributed by atoms with van der Waals surface area (Å²) in [5.74, 6) is 3.00. The van der Waals surface area contributed by atoms with Crippen molar-refractivity contribution in [2.45, 2.75) is 25.8 Å². The summed E-state index contributed by atoms with van der Waals surface area (Å²) in [4.78, 5) is 2.47. The highest BCUT2D eigenvalue weighted by atomic mass is 16.5. The summed E-state index contributed by atoms with van der Waals surface area (Å²) in [5.41, 5.74) is 0. The molecule has 3 rings (SSSR count). The molecule has 0 aromatic carbocycles. The van der Waals surface area contributed by atoms with Gasteiger partial charge in [-0.25, -0.2) is 0 Å². The molecule has 1 saturated heterocycles. The van der Waals surface area contributed by atoms with Crippen LogP contribution in [0.3, 0.4) is 0 Å². The van der Waals surface area contributed by atoms with E-state index in [4.69, 9.17) is 9.15 Å². The SMILES string of the molecule is Cc1ccc(C(CNCC2CC2)N2CCOCC2)o1. The summed E-state index contributed by atoms with van der Waals surface area (Å²) in [6.45, 7) is 7.80.